The van der Waals surface area contributed by atoms with Crippen LogP contribution >= 0.6 is 0 Å². The molecular formula is C21H27N5. The molecule has 1 N–H and O–H groups in total. The molecule has 1 aromatic carbocycles. The molecule has 0 unspecified atom stereocenters. The monoisotopic (exact) mass is 349 g/mol. The molecule has 5 rings (SSSR count). The largest absolute Gasteiger partial charge is 0.367 e. The number of hydrogen-bond donors (Lipinski definition) is 1. The number of rotatable bonds is 5. The van der Waals surface area contributed by atoms with E-state index in [-0.39, 0.29) is 0 Å². The van der Waals surface area contributed by atoms with Crippen LogP contribution < -0.4 is 10.2 Å². The zero-order chi connectivity index (χ0) is 17.3. The van der Waals surface area contributed by atoms with Crippen LogP contribution in [0.2, 0.25) is 0 Å². The average molecular weight is 349 g/mol. The second-order valence-corrected chi connectivity index (χ2v) is 7.86. The molecule has 136 valence electrons. The summed E-state index contributed by atoms with van der Waals surface area (Å²) in [7, 11) is 0. The van der Waals surface area contributed by atoms with E-state index >= 15 is 0 Å². The number of aromatic nitrogens is 2. The highest BCUT2D eigenvalue weighted by Gasteiger charge is 2.28. The molecule has 5 nitrogen and oxygen atoms in total. The van der Waals surface area contributed by atoms with Crippen molar-refractivity contribution < 1.29 is 0 Å². The summed E-state index contributed by atoms with van der Waals surface area (Å²) in [4.78, 5) is 14.8. The number of anilines is 2. The minimum atomic E-state index is 0.616. The summed E-state index contributed by atoms with van der Waals surface area (Å²) in [5.41, 5.74) is 3.96. The zero-order valence-electron chi connectivity index (χ0n) is 15.3. The van der Waals surface area contributed by atoms with E-state index in [0.29, 0.717) is 6.04 Å². The lowest BCUT2D eigenvalue weighted by atomic mass is 10.0. The van der Waals surface area contributed by atoms with Gasteiger partial charge in [-0.3, -0.25) is 4.90 Å². The number of nitrogens with zero attached hydrogens (tertiary/aromatic N) is 4. The minimum Gasteiger partial charge on any atom is -0.367 e. The van der Waals surface area contributed by atoms with Gasteiger partial charge in [-0.1, -0.05) is 30.3 Å². The topological polar surface area (TPSA) is 44.3 Å². The van der Waals surface area contributed by atoms with Gasteiger partial charge in [0, 0.05) is 50.7 Å². The van der Waals surface area contributed by atoms with Crippen molar-refractivity contribution in [1.29, 1.82) is 0 Å². The molecule has 0 atom stereocenters. The first-order chi connectivity index (χ1) is 12.8. The van der Waals surface area contributed by atoms with Crippen molar-refractivity contribution in [2.75, 3.05) is 29.9 Å². The third-order valence-corrected chi connectivity index (χ3v) is 5.68. The first-order valence-electron chi connectivity index (χ1n) is 10.0. The minimum absolute atomic E-state index is 0.616. The fraction of sp³-hybridized carbons (Fsp3) is 0.524. The van der Waals surface area contributed by atoms with E-state index in [1.54, 1.807) is 0 Å². The third kappa shape index (κ3) is 3.40. The van der Waals surface area contributed by atoms with Gasteiger partial charge in [-0.15, -0.1) is 0 Å². The van der Waals surface area contributed by atoms with Crippen LogP contribution in [-0.2, 0) is 19.5 Å². The fourth-order valence-electron chi connectivity index (χ4n) is 4.03. The van der Waals surface area contributed by atoms with Gasteiger partial charge in [0.2, 0.25) is 5.95 Å². The Hall–Kier alpha value is -2.14. The molecule has 1 aromatic heterocycles. The van der Waals surface area contributed by atoms with Gasteiger partial charge < -0.3 is 10.2 Å². The summed E-state index contributed by atoms with van der Waals surface area (Å²) >= 11 is 0. The van der Waals surface area contributed by atoms with Crippen LogP contribution in [0, 0.1) is 0 Å². The highest BCUT2D eigenvalue weighted by Crippen LogP contribution is 2.32. The SMILES string of the molecule is c1ccc(CN2CCc3nc(N4CCCC4)nc(NC4CC4)c3C2)cc1. The first-order valence-corrected chi connectivity index (χ1v) is 10.0. The molecule has 0 amide bonds. The van der Waals surface area contributed by atoms with Crippen molar-refractivity contribution in [3.8, 4) is 0 Å². The van der Waals surface area contributed by atoms with Crippen molar-refractivity contribution in [2.24, 2.45) is 0 Å². The fourth-order valence-corrected chi connectivity index (χ4v) is 4.03. The normalized spacial score (nSPS) is 20.2. The van der Waals surface area contributed by atoms with Crippen LogP contribution in [0.5, 0.6) is 0 Å². The van der Waals surface area contributed by atoms with Crippen LogP contribution in [0.4, 0.5) is 11.8 Å². The molecule has 1 aliphatic carbocycles. The van der Waals surface area contributed by atoms with Gasteiger partial charge in [0.25, 0.3) is 0 Å². The molecule has 3 aliphatic rings. The smallest absolute Gasteiger partial charge is 0.227 e. The van der Waals surface area contributed by atoms with Gasteiger partial charge in [-0.05, 0) is 31.2 Å². The molecule has 3 heterocycles. The van der Waals surface area contributed by atoms with Crippen molar-refractivity contribution >= 4 is 11.8 Å². The first kappa shape index (κ1) is 16.1. The lowest BCUT2D eigenvalue weighted by molar-refractivity contribution is 0.243. The summed E-state index contributed by atoms with van der Waals surface area (Å²) in [6, 6.07) is 11.4. The second kappa shape index (κ2) is 6.88. The van der Waals surface area contributed by atoms with E-state index < -0.39 is 0 Å². The average Bonchev–Trinajstić information content (AvgIpc) is 3.31. The number of benzene rings is 1. The maximum Gasteiger partial charge on any atom is 0.227 e. The lowest BCUT2D eigenvalue weighted by Gasteiger charge is -2.30. The van der Waals surface area contributed by atoms with Crippen molar-refractivity contribution in [2.45, 2.75) is 51.2 Å². The Morgan fingerprint density at radius 2 is 1.81 bits per heavy atom. The summed E-state index contributed by atoms with van der Waals surface area (Å²) in [5, 5.41) is 3.69. The number of nitrogens with one attached hydrogen (secondary N) is 1. The summed E-state index contributed by atoms with van der Waals surface area (Å²) in [6.45, 7) is 5.21. The van der Waals surface area contributed by atoms with Crippen molar-refractivity contribution in [1.82, 2.24) is 14.9 Å². The quantitative estimate of drug-likeness (QED) is 0.898. The third-order valence-electron chi connectivity index (χ3n) is 5.68. The van der Waals surface area contributed by atoms with Gasteiger partial charge in [-0.25, -0.2) is 4.98 Å². The van der Waals surface area contributed by atoms with Gasteiger partial charge in [0.1, 0.15) is 5.82 Å². The lowest BCUT2D eigenvalue weighted by Crippen LogP contribution is -2.33. The number of hydrogen-bond acceptors (Lipinski definition) is 5. The Balaban J connectivity index is 1.41. The molecule has 0 spiro atoms. The van der Waals surface area contributed by atoms with E-state index in [4.69, 9.17) is 9.97 Å². The van der Waals surface area contributed by atoms with Crippen molar-refractivity contribution in [3.05, 3.63) is 47.2 Å². The summed E-state index contributed by atoms with van der Waals surface area (Å²) < 4.78 is 0. The molecule has 2 aromatic rings. The highest BCUT2D eigenvalue weighted by molar-refractivity contribution is 5.53. The second-order valence-electron chi connectivity index (χ2n) is 7.86. The Morgan fingerprint density at radius 3 is 2.58 bits per heavy atom. The molecule has 0 radical (unpaired) electrons. The molecule has 2 fully saturated rings. The van der Waals surface area contributed by atoms with Crippen LogP contribution in [0.15, 0.2) is 30.3 Å². The van der Waals surface area contributed by atoms with Gasteiger partial charge >= 0.3 is 0 Å². The Kier molecular flexibility index (Phi) is 4.25. The molecule has 0 bridgehead atoms. The molecule has 2 aliphatic heterocycles. The standard InChI is InChI=1S/C21H27N5/c1-2-6-16(7-3-1)14-25-13-10-19-18(15-25)20(22-17-8-9-17)24-21(23-19)26-11-4-5-12-26/h1-3,6-7,17H,4-5,8-15H2,(H,22,23,24). The van der Waals surface area contributed by atoms with E-state index in [1.165, 1.54) is 42.5 Å². The predicted octanol–water partition coefficient (Wildman–Crippen LogP) is 3.21. The van der Waals surface area contributed by atoms with Crippen LogP contribution in [-0.4, -0.2) is 40.5 Å². The van der Waals surface area contributed by atoms with Crippen LogP contribution in [0.3, 0.4) is 0 Å². The Morgan fingerprint density at radius 1 is 1.00 bits per heavy atom. The summed E-state index contributed by atoms with van der Waals surface area (Å²) in [5.74, 6) is 2.04. The van der Waals surface area contributed by atoms with Gasteiger partial charge in [0.15, 0.2) is 0 Å². The maximum absolute atomic E-state index is 4.97. The Bertz CT molecular complexity index is 765. The predicted molar refractivity (Wildman–Crippen MR) is 104 cm³/mol. The molecular weight excluding hydrogens is 322 g/mol. The highest BCUT2D eigenvalue weighted by atomic mass is 15.3. The zero-order valence-corrected chi connectivity index (χ0v) is 15.3. The maximum atomic E-state index is 4.97. The molecule has 5 heteroatoms. The van der Waals surface area contributed by atoms with E-state index in [1.807, 2.05) is 0 Å². The Labute approximate surface area is 155 Å². The number of fused-ring (bicyclic) bond motifs is 1. The summed E-state index contributed by atoms with van der Waals surface area (Å²) in [6.07, 6.45) is 6.08. The van der Waals surface area contributed by atoms with Crippen molar-refractivity contribution in [3.63, 3.8) is 0 Å². The van der Waals surface area contributed by atoms with Crippen LogP contribution in [0.1, 0.15) is 42.5 Å². The molecule has 1 saturated heterocycles. The van der Waals surface area contributed by atoms with E-state index in [9.17, 15) is 0 Å². The van der Waals surface area contributed by atoms with E-state index in [2.05, 4.69) is 45.4 Å². The van der Waals surface area contributed by atoms with Gasteiger partial charge in [0.05, 0.1) is 5.69 Å². The van der Waals surface area contributed by atoms with Gasteiger partial charge in [-0.2, -0.15) is 4.98 Å². The van der Waals surface area contributed by atoms with Crippen LogP contribution in [0.25, 0.3) is 0 Å². The molecule has 26 heavy (non-hydrogen) atoms. The molecule has 1 saturated carbocycles. The van der Waals surface area contributed by atoms with E-state index in [0.717, 1.165) is 50.9 Å².